The second kappa shape index (κ2) is 5.00. The fraction of sp³-hybridized carbons (Fsp3) is 0.0714. The summed E-state index contributed by atoms with van der Waals surface area (Å²) in [5, 5.41) is 3.46. The zero-order valence-corrected chi connectivity index (χ0v) is 10.8. The van der Waals surface area contributed by atoms with Crippen molar-refractivity contribution >= 4 is 23.3 Å². The Morgan fingerprint density at radius 2 is 2.20 bits per heavy atom. The van der Waals surface area contributed by atoms with E-state index in [1.165, 1.54) is 0 Å². The van der Waals surface area contributed by atoms with E-state index in [-0.39, 0.29) is 0 Å². The summed E-state index contributed by atoms with van der Waals surface area (Å²) in [5.41, 5.74) is 2.53. The molecule has 0 aliphatic carbocycles. The number of hydrogen-bond donors (Lipinski definition) is 2. The smallest absolute Gasteiger partial charge is 0.221 e. The van der Waals surface area contributed by atoms with Crippen molar-refractivity contribution in [3.63, 3.8) is 0 Å². The standard InChI is InChI=1S/C14H12N4O2/c1-20-14-10(3-2-6-15-14)11-7-16-13-9(11)4-5-12(18-13)17-8-19/h2-8H,1H3,(H2,16,17,18,19). The van der Waals surface area contributed by atoms with Crippen molar-refractivity contribution in [3.05, 3.63) is 36.7 Å². The highest BCUT2D eigenvalue weighted by Crippen LogP contribution is 2.33. The molecule has 0 unspecified atom stereocenters. The number of ether oxygens (including phenoxy) is 1. The Balaban J connectivity index is 2.15. The van der Waals surface area contributed by atoms with Crippen LogP contribution >= 0.6 is 0 Å². The van der Waals surface area contributed by atoms with Crippen LogP contribution in [0.15, 0.2) is 36.7 Å². The van der Waals surface area contributed by atoms with Crippen molar-refractivity contribution in [2.24, 2.45) is 0 Å². The van der Waals surface area contributed by atoms with Crippen molar-refractivity contribution in [1.82, 2.24) is 15.0 Å². The average molecular weight is 268 g/mol. The molecule has 3 rings (SSSR count). The second-order valence-corrected chi connectivity index (χ2v) is 4.12. The lowest BCUT2D eigenvalue weighted by Crippen LogP contribution is -1.96. The van der Waals surface area contributed by atoms with Gasteiger partial charge in [-0.1, -0.05) is 0 Å². The van der Waals surface area contributed by atoms with Gasteiger partial charge in [0.15, 0.2) is 0 Å². The summed E-state index contributed by atoms with van der Waals surface area (Å²) in [6.07, 6.45) is 4.13. The Morgan fingerprint density at radius 3 is 3.00 bits per heavy atom. The van der Waals surface area contributed by atoms with E-state index in [1.54, 1.807) is 19.4 Å². The Hall–Kier alpha value is -2.89. The third kappa shape index (κ3) is 1.97. The summed E-state index contributed by atoms with van der Waals surface area (Å²) in [6.45, 7) is 0. The van der Waals surface area contributed by atoms with Gasteiger partial charge in [-0.05, 0) is 24.3 Å². The van der Waals surface area contributed by atoms with E-state index >= 15 is 0 Å². The molecular formula is C14H12N4O2. The summed E-state index contributed by atoms with van der Waals surface area (Å²) in [4.78, 5) is 22.0. The lowest BCUT2D eigenvalue weighted by Gasteiger charge is -2.05. The summed E-state index contributed by atoms with van der Waals surface area (Å²) < 4.78 is 5.28. The zero-order chi connectivity index (χ0) is 13.9. The molecule has 3 aromatic rings. The van der Waals surface area contributed by atoms with E-state index in [4.69, 9.17) is 4.74 Å². The normalized spacial score (nSPS) is 10.4. The fourth-order valence-electron chi connectivity index (χ4n) is 2.13. The number of fused-ring (bicyclic) bond motifs is 1. The largest absolute Gasteiger partial charge is 0.481 e. The summed E-state index contributed by atoms with van der Waals surface area (Å²) in [6, 6.07) is 7.43. The van der Waals surface area contributed by atoms with E-state index < -0.39 is 0 Å². The van der Waals surface area contributed by atoms with Crippen molar-refractivity contribution in [2.75, 3.05) is 12.4 Å². The molecule has 6 heteroatoms. The van der Waals surface area contributed by atoms with E-state index in [2.05, 4.69) is 20.3 Å². The lowest BCUT2D eigenvalue weighted by molar-refractivity contribution is -0.105. The van der Waals surface area contributed by atoms with Crippen LogP contribution in [0.5, 0.6) is 5.88 Å². The van der Waals surface area contributed by atoms with Crippen molar-refractivity contribution in [2.45, 2.75) is 0 Å². The van der Waals surface area contributed by atoms with E-state index in [9.17, 15) is 4.79 Å². The molecule has 3 aromatic heterocycles. The molecule has 3 heterocycles. The summed E-state index contributed by atoms with van der Waals surface area (Å²) in [7, 11) is 1.59. The fourth-order valence-corrected chi connectivity index (χ4v) is 2.13. The van der Waals surface area contributed by atoms with Gasteiger partial charge in [0.05, 0.1) is 7.11 Å². The number of hydrogen-bond acceptors (Lipinski definition) is 4. The molecule has 0 fully saturated rings. The van der Waals surface area contributed by atoms with Gasteiger partial charge in [-0.3, -0.25) is 4.79 Å². The van der Waals surface area contributed by atoms with E-state index in [1.807, 2.05) is 24.4 Å². The molecule has 6 nitrogen and oxygen atoms in total. The second-order valence-electron chi connectivity index (χ2n) is 4.12. The Morgan fingerprint density at radius 1 is 1.30 bits per heavy atom. The summed E-state index contributed by atoms with van der Waals surface area (Å²) >= 11 is 0. The van der Waals surface area contributed by atoms with Crippen molar-refractivity contribution in [3.8, 4) is 17.0 Å². The van der Waals surface area contributed by atoms with Crippen molar-refractivity contribution < 1.29 is 9.53 Å². The van der Waals surface area contributed by atoms with Crippen LogP contribution in [0.1, 0.15) is 0 Å². The predicted octanol–water partition coefficient (Wildman–Crippen LogP) is 2.20. The van der Waals surface area contributed by atoms with Gasteiger partial charge in [0.25, 0.3) is 0 Å². The first-order chi connectivity index (χ1) is 9.83. The predicted molar refractivity (Wildman–Crippen MR) is 75.6 cm³/mol. The van der Waals surface area contributed by atoms with Gasteiger partial charge < -0.3 is 15.0 Å². The van der Waals surface area contributed by atoms with Gasteiger partial charge >= 0.3 is 0 Å². The topological polar surface area (TPSA) is 79.9 Å². The summed E-state index contributed by atoms with van der Waals surface area (Å²) in [5.74, 6) is 1.06. The van der Waals surface area contributed by atoms with Gasteiger partial charge in [-0.25, -0.2) is 9.97 Å². The maximum absolute atomic E-state index is 10.4. The molecule has 0 aliphatic heterocycles. The van der Waals surface area contributed by atoms with Gasteiger partial charge in [-0.15, -0.1) is 0 Å². The number of carbonyl (C=O) groups is 1. The highest BCUT2D eigenvalue weighted by molar-refractivity contribution is 5.95. The third-order valence-electron chi connectivity index (χ3n) is 3.00. The minimum Gasteiger partial charge on any atom is -0.481 e. The van der Waals surface area contributed by atoms with Gasteiger partial charge in [0.1, 0.15) is 11.5 Å². The molecule has 0 saturated carbocycles. The van der Waals surface area contributed by atoms with Gasteiger partial charge in [0, 0.05) is 28.9 Å². The average Bonchev–Trinajstić information content (AvgIpc) is 2.90. The van der Waals surface area contributed by atoms with Crippen LogP contribution in [-0.2, 0) is 4.79 Å². The van der Waals surface area contributed by atoms with Gasteiger partial charge in [-0.2, -0.15) is 0 Å². The molecule has 0 atom stereocenters. The minimum atomic E-state index is 0.499. The lowest BCUT2D eigenvalue weighted by atomic mass is 10.1. The zero-order valence-electron chi connectivity index (χ0n) is 10.8. The highest BCUT2D eigenvalue weighted by Gasteiger charge is 2.12. The molecule has 0 spiro atoms. The molecule has 1 amide bonds. The number of methoxy groups -OCH3 is 1. The SMILES string of the molecule is COc1ncccc1-c1c[nH]c2nc(NC=O)ccc12. The first-order valence-corrected chi connectivity index (χ1v) is 6.01. The molecule has 0 aliphatic rings. The molecule has 2 N–H and O–H groups in total. The molecule has 0 radical (unpaired) electrons. The van der Waals surface area contributed by atoms with Crippen LogP contribution < -0.4 is 10.1 Å². The van der Waals surface area contributed by atoms with Crippen LogP contribution in [0.4, 0.5) is 5.82 Å². The van der Waals surface area contributed by atoms with E-state index in [0.29, 0.717) is 23.8 Å². The number of amides is 1. The quantitative estimate of drug-likeness (QED) is 0.711. The number of nitrogens with zero attached hydrogens (tertiary/aromatic N) is 2. The molecule has 0 saturated heterocycles. The van der Waals surface area contributed by atoms with E-state index in [0.717, 1.165) is 16.5 Å². The van der Waals surface area contributed by atoms with Crippen LogP contribution in [0.2, 0.25) is 0 Å². The van der Waals surface area contributed by atoms with Crippen LogP contribution in [-0.4, -0.2) is 28.5 Å². The molecule has 0 aromatic carbocycles. The van der Waals surface area contributed by atoms with Crippen LogP contribution in [0, 0.1) is 0 Å². The number of aromatic nitrogens is 3. The number of nitrogens with one attached hydrogen (secondary N) is 2. The van der Waals surface area contributed by atoms with Crippen LogP contribution in [0.3, 0.4) is 0 Å². The number of pyridine rings is 2. The first kappa shape index (κ1) is 12.2. The molecular weight excluding hydrogens is 256 g/mol. The Bertz CT molecular complexity index is 767. The number of rotatable bonds is 4. The van der Waals surface area contributed by atoms with Crippen LogP contribution in [0.25, 0.3) is 22.2 Å². The third-order valence-corrected chi connectivity index (χ3v) is 3.00. The molecule has 20 heavy (non-hydrogen) atoms. The number of H-pyrrole nitrogens is 1. The number of aromatic amines is 1. The Labute approximate surface area is 114 Å². The number of anilines is 1. The first-order valence-electron chi connectivity index (χ1n) is 6.01. The van der Waals surface area contributed by atoms with Crippen molar-refractivity contribution in [1.29, 1.82) is 0 Å². The molecule has 100 valence electrons. The number of carbonyl (C=O) groups excluding carboxylic acids is 1. The minimum absolute atomic E-state index is 0.499. The monoisotopic (exact) mass is 268 g/mol. The highest BCUT2D eigenvalue weighted by atomic mass is 16.5. The maximum Gasteiger partial charge on any atom is 0.221 e. The maximum atomic E-state index is 10.4. The Kier molecular flexibility index (Phi) is 3.04. The van der Waals surface area contributed by atoms with Gasteiger partial charge in [0.2, 0.25) is 12.3 Å². The molecule has 0 bridgehead atoms.